The molecule has 0 saturated carbocycles. The number of rotatable bonds is 20. The van der Waals surface area contributed by atoms with Gasteiger partial charge in [-0.05, 0) is 51.9 Å². The number of hydrogen-bond donors (Lipinski definition) is 5. The number of nitrogens with one attached hydrogen (secondary N) is 2. The van der Waals surface area contributed by atoms with Gasteiger partial charge in [-0.25, -0.2) is 10.1 Å². The van der Waals surface area contributed by atoms with Crippen LogP contribution in [0.1, 0.15) is 78.1 Å². The molecule has 35 heavy (non-hydrogen) atoms. The van der Waals surface area contributed by atoms with Gasteiger partial charge in [0.2, 0.25) is 23.6 Å². The van der Waals surface area contributed by atoms with E-state index < -0.39 is 11.8 Å². The Hall–Kier alpha value is -2.70. The second-order valence-electron chi connectivity index (χ2n) is 8.26. The minimum absolute atomic E-state index is 0.0185. The van der Waals surface area contributed by atoms with Crippen molar-refractivity contribution in [2.45, 2.75) is 78.1 Å². The number of unbranched alkanes of at least 4 members (excludes halogenated alkanes) is 4. The number of carbonyl (C=O) groups excluding carboxylic acids is 4. The second kappa shape index (κ2) is 19.6. The Morgan fingerprint density at radius 2 is 1.17 bits per heavy atom. The fourth-order valence-corrected chi connectivity index (χ4v) is 3.00. The predicted molar refractivity (Wildman–Crippen MR) is 128 cm³/mol. The third kappa shape index (κ3) is 17.4. The van der Waals surface area contributed by atoms with Crippen LogP contribution in [0.25, 0.3) is 0 Å². The average molecular weight is 502 g/mol. The monoisotopic (exact) mass is 501 g/mol. The largest absolute Gasteiger partial charge is 0.356 e. The van der Waals surface area contributed by atoms with Gasteiger partial charge >= 0.3 is 0 Å². The molecule has 0 aromatic heterocycles. The predicted octanol–water partition coefficient (Wildman–Crippen LogP) is 1.80. The van der Waals surface area contributed by atoms with Crippen molar-refractivity contribution in [1.29, 1.82) is 0 Å². The van der Waals surface area contributed by atoms with Gasteiger partial charge < -0.3 is 10.6 Å². The molecule has 12 nitrogen and oxygen atoms in total. The van der Waals surface area contributed by atoms with Gasteiger partial charge in [-0.3, -0.25) is 39.9 Å². The third-order valence-electron chi connectivity index (χ3n) is 5.26. The van der Waals surface area contributed by atoms with E-state index in [-0.39, 0.29) is 44.2 Å². The summed E-state index contributed by atoms with van der Waals surface area (Å²) < 4.78 is 0. The van der Waals surface area contributed by atoms with E-state index in [1.165, 1.54) is 6.92 Å². The van der Waals surface area contributed by atoms with Gasteiger partial charge in [0.15, 0.2) is 0 Å². The Bertz CT molecular complexity index is 675. The third-order valence-corrected chi connectivity index (χ3v) is 5.26. The van der Waals surface area contributed by atoms with Crippen molar-refractivity contribution in [2.75, 3.05) is 32.7 Å². The molecule has 0 atom stereocenters. The zero-order valence-corrected chi connectivity index (χ0v) is 21.1. The number of allylic oxidation sites excluding steroid dienone is 1. The summed E-state index contributed by atoms with van der Waals surface area (Å²) in [6.07, 6.45) is 4.51. The molecule has 0 fully saturated rings. The van der Waals surface area contributed by atoms with E-state index in [9.17, 15) is 34.8 Å². The Labute approximate surface area is 207 Å². The smallest absolute Gasteiger partial charge is 0.246 e. The number of carbonyl (C=O) groups is 4. The molecular formula is C23H43N5O7. The summed E-state index contributed by atoms with van der Waals surface area (Å²) >= 11 is 0. The lowest BCUT2D eigenvalue weighted by atomic mass is 10.2. The van der Waals surface area contributed by atoms with E-state index in [4.69, 9.17) is 0 Å². The van der Waals surface area contributed by atoms with Crippen molar-refractivity contribution in [2.24, 2.45) is 0 Å². The minimum atomic E-state index is -0.522. The molecule has 0 saturated heterocycles. The van der Waals surface area contributed by atoms with Gasteiger partial charge in [0.05, 0.1) is 0 Å². The van der Waals surface area contributed by atoms with E-state index in [0.29, 0.717) is 74.0 Å². The number of hydrogen-bond acceptors (Lipinski definition) is 8. The molecule has 0 aromatic carbocycles. The first-order valence-electron chi connectivity index (χ1n) is 12.2. The van der Waals surface area contributed by atoms with Crippen LogP contribution in [0, 0.1) is 0 Å². The normalized spacial score (nSPS) is 10.4. The first-order chi connectivity index (χ1) is 16.6. The molecule has 0 aliphatic heterocycles. The molecule has 5 N–H and O–H groups in total. The highest BCUT2D eigenvalue weighted by Gasteiger charge is 2.13. The lowest BCUT2D eigenvalue weighted by molar-refractivity contribution is -0.166. The van der Waals surface area contributed by atoms with Crippen molar-refractivity contribution < 1.29 is 34.8 Å². The van der Waals surface area contributed by atoms with Crippen LogP contribution in [0.3, 0.4) is 0 Å². The summed E-state index contributed by atoms with van der Waals surface area (Å²) in [4.78, 5) is 46.4. The highest BCUT2D eigenvalue weighted by molar-refractivity contribution is 5.83. The van der Waals surface area contributed by atoms with E-state index in [1.807, 2.05) is 0 Å². The lowest BCUT2D eigenvalue weighted by Crippen LogP contribution is -2.31. The molecule has 0 unspecified atom stereocenters. The van der Waals surface area contributed by atoms with Gasteiger partial charge in [-0.1, -0.05) is 6.58 Å². The molecule has 0 bridgehead atoms. The Morgan fingerprint density at radius 3 is 1.66 bits per heavy atom. The molecule has 202 valence electrons. The van der Waals surface area contributed by atoms with Crippen molar-refractivity contribution >= 4 is 23.6 Å². The fourth-order valence-electron chi connectivity index (χ4n) is 3.00. The fraction of sp³-hybridized carbons (Fsp3) is 0.739. The molecule has 0 aliphatic rings. The van der Waals surface area contributed by atoms with Crippen LogP contribution in [0.4, 0.5) is 0 Å². The van der Waals surface area contributed by atoms with E-state index in [1.54, 1.807) is 6.92 Å². The van der Waals surface area contributed by atoms with Crippen LogP contribution in [-0.2, 0) is 19.2 Å². The number of amides is 4. The van der Waals surface area contributed by atoms with E-state index >= 15 is 0 Å². The topological polar surface area (TPSA) is 163 Å². The zero-order valence-electron chi connectivity index (χ0n) is 21.1. The maximum Gasteiger partial charge on any atom is 0.246 e. The molecule has 0 heterocycles. The number of hydroxylamine groups is 6. The standard InChI is InChI=1S/C23H43N5O7/c1-4-26(33)19(2)11-12-21(30)24-15-8-6-10-18-28(35)23(32)14-13-22(31)25-16-7-5-9-17-27(34)20(3)29/h33-35H,2,4-18H2,1,3H3,(H,24,30)(H,25,31). The molecule has 12 heteroatoms. The summed E-state index contributed by atoms with van der Waals surface area (Å²) in [5, 5.41) is 36.3. The molecule has 4 amide bonds. The summed E-state index contributed by atoms with van der Waals surface area (Å²) in [6.45, 7) is 8.49. The Morgan fingerprint density at radius 1 is 0.686 bits per heavy atom. The lowest BCUT2D eigenvalue weighted by Gasteiger charge is -2.16. The average Bonchev–Trinajstić information content (AvgIpc) is 2.83. The van der Waals surface area contributed by atoms with Crippen molar-refractivity contribution in [1.82, 2.24) is 25.8 Å². The van der Waals surface area contributed by atoms with Crippen LogP contribution in [0.2, 0.25) is 0 Å². The minimum Gasteiger partial charge on any atom is -0.356 e. The molecule has 0 rings (SSSR count). The molecular weight excluding hydrogens is 458 g/mol. The maximum atomic E-state index is 11.9. The van der Waals surface area contributed by atoms with Crippen LogP contribution < -0.4 is 10.6 Å². The van der Waals surface area contributed by atoms with Crippen molar-refractivity contribution in [3.63, 3.8) is 0 Å². The van der Waals surface area contributed by atoms with Crippen LogP contribution >= 0.6 is 0 Å². The second-order valence-corrected chi connectivity index (χ2v) is 8.26. The van der Waals surface area contributed by atoms with Crippen molar-refractivity contribution in [3.8, 4) is 0 Å². The number of nitrogens with zero attached hydrogens (tertiary/aromatic N) is 3. The molecule has 0 aromatic rings. The summed E-state index contributed by atoms with van der Waals surface area (Å²) in [7, 11) is 0. The summed E-state index contributed by atoms with van der Waals surface area (Å²) in [5.41, 5.74) is 0.491. The quantitative estimate of drug-likeness (QED) is 0.0958. The summed E-state index contributed by atoms with van der Waals surface area (Å²) in [6, 6.07) is 0. The molecule has 0 aliphatic carbocycles. The van der Waals surface area contributed by atoms with E-state index in [0.717, 1.165) is 11.5 Å². The first-order valence-corrected chi connectivity index (χ1v) is 12.2. The molecule has 0 spiro atoms. The van der Waals surface area contributed by atoms with Crippen LogP contribution in [0.15, 0.2) is 12.3 Å². The van der Waals surface area contributed by atoms with Gasteiger partial charge in [-0.15, -0.1) is 0 Å². The SMILES string of the molecule is C=C(CCC(=O)NCCCCCN(O)C(=O)CCC(=O)NCCCCCN(O)C(C)=O)N(O)CC. The van der Waals surface area contributed by atoms with Crippen molar-refractivity contribution in [3.05, 3.63) is 12.3 Å². The Balaban J connectivity index is 3.72. The maximum absolute atomic E-state index is 11.9. The van der Waals surface area contributed by atoms with Crippen LogP contribution in [-0.4, -0.2) is 87.2 Å². The first kappa shape index (κ1) is 32.3. The van der Waals surface area contributed by atoms with Gasteiger partial charge in [0, 0.05) is 64.6 Å². The summed E-state index contributed by atoms with van der Waals surface area (Å²) in [5.74, 6) is -1.34. The van der Waals surface area contributed by atoms with Gasteiger partial charge in [0.25, 0.3) is 0 Å². The van der Waals surface area contributed by atoms with Gasteiger partial charge in [-0.2, -0.15) is 0 Å². The highest BCUT2D eigenvalue weighted by atomic mass is 16.5. The van der Waals surface area contributed by atoms with Gasteiger partial charge in [0.1, 0.15) is 0 Å². The molecule has 0 radical (unpaired) electrons. The highest BCUT2D eigenvalue weighted by Crippen LogP contribution is 2.06. The Kier molecular flexibility index (Phi) is 18.1. The van der Waals surface area contributed by atoms with Crippen LogP contribution in [0.5, 0.6) is 0 Å². The zero-order chi connectivity index (χ0) is 26.6. The van der Waals surface area contributed by atoms with E-state index in [2.05, 4.69) is 17.2 Å².